The Morgan fingerprint density at radius 1 is 1.33 bits per heavy atom. The molecule has 1 aromatic heterocycles. The smallest absolute Gasteiger partial charge is 0.0525 e. The van der Waals surface area contributed by atoms with E-state index in [4.69, 9.17) is 11.6 Å². The number of halogens is 1. The molecule has 1 atom stereocenters. The first-order chi connectivity index (χ1) is 8.75. The molecule has 3 heteroatoms. The van der Waals surface area contributed by atoms with Crippen LogP contribution in [0.5, 0.6) is 0 Å². The summed E-state index contributed by atoms with van der Waals surface area (Å²) in [6, 6.07) is 8.77. The number of aryl methyl sites for hydroxylation is 1. The third kappa shape index (κ3) is 2.15. The first-order valence-electron chi connectivity index (χ1n) is 6.33. The molecule has 94 valence electrons. The molecule has 18 heavy (non-hydrogen) atoms. The minimum Gasteiger partial charge on any atom is -0.378 e. The van der Waals surface area contributed by atoms with E-state index in [-0.39, 0.29) is 0 Å². The Morgan fingerprint density at radius 3 is 3.11 bits per heavy atom. The van der Waals surface area contributed by atoms with Crippen molar-refractivity contribution in [3.8, 4) is 0 Å². The van der Waals surface area contributed by atoms with Crippen molar-refractivity contribution in [2.24, 2.45) is 0 Å². The molecule has 0 spiro atoms. The Hall–Kier alpha value is -0.990. The van der Waals surface area contributed by atoms with Gasteiger partial charge in [-0.3, -0.25) is 0 Å². The maximum Gasteiger partial charge on any atom is 0.0525 e. The predicted molar refractivity (Wildman–Crippen MR) is 79.8 cm³/mol. The van der Waals surface area contributed by atoms with Gasteiger partial charge in [0.1, 0.15) is 0 Å². The summed E-state index contributed by atoms with van der Waals surface area (Å²) < 4.78 is 0. The van der Waals surface area contributed by atoms with Crippen molar-refractivity contribution in [2.75, 3.05) is 5.32 Å². The minimum atomic E-state index is 0.442. The van der Waals surface area contributed by atoms with Gasteiger partial charge in [0.25, 0.3) is 0 Å². The van der Waals surface area contributed by atoms with Crippen molar-refractivity contribution in [3.05, 3.63) is 50.7 Å². The SMILES string of the molecule is Cc1c(Cl)cccc1NC1CCCc2sccc21. The van der Waals surface area contributed by atoms with Gasteiger partial charge in [0.15, 0.2) is 0 Å². The Morgan fingerprint density at radius 2 is 2.22 bits per heavy atom. The van der Waals surface area contributed by atoms with Crippen molar-refractivity contribution in [1.29, 1.82) is 0 Å². The van der Waals surface area contributed by atoms with Crippen molar-refractivity contribution in [3.63, 3.8) is 0 Å². The molecule has 0 saturated carbocycles. The highest BCUT2D eigenvalue weighted by Crippen LogP contribution is 2.36. The highest BCUT2D eigenvalue weighted by molar-refractivity contribution is 7.10. The lowest BCUT2D eigenvalue weighted by Crippen LogP contribution is -2.16. The van der Waals surface area contributed by atoms with Gasteiger partial charge in [0.2, 0.25) is 0 Å². The van der Waals surface area contributed by atoms with Crippen LogP contribution in [-0.2, 0) is 6.42 Å². The summed E-state index contributed by atoms with van der Waals surface area (Å²) in [5.74, 6) is 0. The largest absolute Gasteiger partial charge is 0.378 e. The second kappa shape index (κ2) is 4.94. The highest BCUT2D eigenvalue weighted by atomic mass is 35.5. The Balaban J connectivity index is 1.88. The van der Waals surface area contributed by atoms with Crippen LogP contribution >= 0.6 is 22.9 Å². The molecule has 2 aromatic rings. The van der Waals surface area contributed by atoms with Gasteiger partial charge in [-0.1, -0.05) is 17.7 Å². The molecule has 0 fully saturated rings. The van der Waals surface area contributed by atoms with Gasteiger partial charge >= 0.3 is 0 Å². The summed E-state index contributed by atoms with van der Waals surface area (Å²) in [5, 5.41) is 6.69. The summed E-state index contributed by atoms with van der Waals surface area (Å²) in [7, 11) is 0. The number of hydrogen-bond acceptors (Lipinski definition) is 2. The van der Waals surface area contributed by atoms with E-state index < -0.39 is 0 Å². The number of thiophene rings is 1. The van der Waals surface area contributed by atoms with Crippen LogP contribution in [0, 0.1) is 6.92 Å². The number of anilines is 1. The van der Waals surface area contributed by atoms with E-state index in [1.54, 1.807) is 4.88 Å². The lowest BCUT2D eigenvalue weighted by atomic mass is 9.93. The van der Waals surface area contributed by atoms with Crippen molar-refractivity contribution >= 4 is 28.6 Å². The van der Waals surface area contributed by atoms with Gasteiger partial charge < -0.3 is 5.32 Å². The normalized spacial score (nSPS) is 18.4. The second-order valence-corrected chi connectivity index (χ2v) is 6.21. The van der Waals surface area contributed by atoms with E-state index in [1.807, 2.05) is 23.5 Å². The molecular weight excluding hydrogens is 262 g/mol. The van der Waals surface area contributed by atoms with Crippen LogP contribution in [0.4, 0.5) is 5.69 Å². The third-order valence-electron chi connectivity index (χ3n) is 3.65. The zero-order chi connectivity index (χ0) is 12.5. The van der Waals surface area contributed by atoms with Gasteiger partial charge in [0.05, 0.1) is 6.04 Å². The monoisotopic (exact) mass is 277 g/mol. The molecule has 0 radical (unpaired) electrons. The van der Waals surface area contributed by atoms with Crippen LogP contribution in [0.1, 0.15) is 34.9 Å². The molecular formula is C15H16ClNS. The van der Waals surface area contributed by atoms with Crippen molar-refractivity contribution in [1.82, 2.24) is 0 Å². The highest BCUT2D eigenvalue weighted by Gasteiger charge is 2.21. The molecule has 1 aromatic carbocycles. The van der Waals surface area contributed by atoms with Gasteiger partial charge in [-0.15, -0.1) is 11.3 Å². The average Bonchev–Trinajstić information content (AvgIpc) is 2.84. The van der Waals surface area contributed by atoms with Crippen LogP contribution in [0.25, 0.3) is 0 Å². The first kappa shape index (κ1) is 12.1. The van der Waals surface area contributed by atoms with Crippen LogP contribution in [0.3, 0.4) is 0 Å². The molecule has 3 rings (SSSR count). The molecule has 1 aliphatic carbocycles. The minimum absolute atomic E-state index is 0.442. The van der Waals surface area contributed by atoms with Gasteiger partial charge in [-0.05, 0) is 60.9 Å². The Bertz CT molecular complexity index is 561. The number of rotatable bonds is 2. The number of hydrogen-bond donors (Lipinski definition) is 1. The van der Waals surface area contributed by atoms with Crippen molar-refractivity contribution < 1.29 is 0 Å². The van der Waals surface area contributed by atoms with E-state index >= 15 is 0 Å². The molecule has 0 saturated heterocycles. The summed E-state index contributed by atoms with van der Waals surface area (Å²) in [6.07, 6.45) is 3.71. The topological polar surface area (TPSA) is 12.0 Å². The van der Waals surface area contributed by atoms with Crippen LogP contribution in [-0.4, -0.2) is 0 Å². The third-order valence-corrected chi connectivity index (χ3v) is 5.06. The molecule has 1 nitrogen and oxygen atoms in total. The fourth-order valence-corrected chi connectivity index (χ4v) is 3.75. The Kier molecular flexibility index (Phi) is 3.31. The quantitative estimate of drug-likeness (QED) is 0.796. The van der Waals surface area contributed by atoms with Gasteiger partial charge in [0, 0.05) is 15.6 Å². The fourth-order valence-electron chi connectivity index (χ4n) is 2.59. The zero-order valence-corrected chi connectivity index (χ0v) is 11.9. The standard InChI is InChI=1S/C15H16ClNS/c1-10-12(16)4-2-5-13(10)17-14-6-3-7-15-11(14)8-9-18-15/h2,4-5,8-9,14,17H,3,6-7H2,1H3. The molecule has 1 heterocycles. The Labute approximate surface area is 117 Å². The number of fused-ring (bicyclic) bond motifs is 1. The van der Waals surface area contributed by atoms with E-state index in [1.165, 1.54) is 24.8 Å². The fraction of sp³-hybridized carbons (Fsp3) is 0.333. The molecule has 1 aliphatic rings. The number of nitrogens with one attached hydrogen (secondary N) is 1. The lowest BCUT2D eigenvalue weighted by molar-refractivity contribution is 0.608. The van der Waals surface area contributed by atoms with Crippen LogP contribution in [0.15, 0.2) is 29.6 Å². The number of benzene rings is 1. The second-order valence-electron chi connectivity index (χ2n) is 4.80. The summed E-state index contributed by atoms with van der Waals surface area (Å²) in [5.41, 5.74) is 3.78. The zero-order valence-electron chi connectivity index (χ0n) is 10.4. The maximum atomic E-state index is 6.17. The summed E-state index contributed by atoms with van der Waals surface area (Å²) in [4.78, 5) is 1.54. The average molecular weight is 278 g/mol. The summed E-state index contributed by atoms with van der Waals surface area (Å²) in [6.45, 7) is 2.07. The molecule has 0 amide bonds. The van der Waals surface area contributed by atoms with Gasteiger partial charge in [-0.2, -0.15) is 0 Å². The van der Waals surface area contributed by atoms with Crippen LogP contribution in [0.2, 0.25) is 5.02 Å². The molecule has 1 N–H and O–H groups in total. The van der Waals surface area contributed by atoms with E-state index in [9.17, 15) is 0 Å². The van der Waals surface area contributed by atoms with Gasteiger partial charge in [-0.25, -0.2) is 0 Å². The molecule has 1 unspecified atom stereocenters. The van der Waals surface area contributed by atoms with E-state index in [0.29, 0.717) is 6.04 Å². The maximum absolute atomic E-state index is 6.17. The molecule has 0 bridgehead atoms. The molecule has 0 aliphatic heterocycles. The summed E-state index contributed by atoms with van der Waals surface area (Å²) >= 11 is 8.05. The van der Waals surface area contributed by atoms with E-state index in [0.717, 1.165) is 16.3 Å². The lowest BCUT2D eigenvalue weighted by Gasteiger charge is -2.25. The first-order valence-corrected chi connectivity index (χ1v) is 7.59. The predicted octanol–water partition coefficient (Wildman–Crippen LogP) is 5.20. The van der Waals surface area contributed by atoms with E-state index in [2.05, 4.69) is 29.8 Å². The van der Waals surface area contributed by atoms with Crippen molar-refractivity contribution in [2.45, 2.75) is 32.2 Å². The van der Waals surface area contributed by atoms with Crippen LogP contribution < -0.4 is 5.32 Å².